The van der Waals surface area contributed by atoms with Crippen molar-refractivity contribution < 1.29 is 28.5 Å². The van der Waals surface area contributed by atoms with E-state index in [1.54, 1.807) is 13.8 Å². The highest BCUT2D eigenvalue weighted by atomic mass is 16.7. The summed E-state index contributed by atoms with van der Waals surface area (Å²) in [5.41, 5.74) is 1.74. The molecular formula is C20H24O6. The van der Waals surface area contributed by atoms with Crippen molar-refractivity contribution in [1.82, 2.24) is 0 Å². The lowest BCUT2D eigenvalue weighted by molar-refractivity contribution is -0.245. The number of benzene rings is 1. The molecule has 2 aliphatic rings. The van der Waals surface area contributed by atoms with Crippen LogP contribution in [0.25, 0.3) is 0 Å². The minimum absolute atomic E-state index is 0.0965. The summed E-state index contributed by atoms with van der Waals surface area (Å²) in [6.45, 7) is 5.53. The highest BCUT2D eigenvalue weighted by Gasteiger charge is 2.43. The van der Waals surface area contributed by atoms with Gasteiger partial charge in [-0.3, -0.25) is 4.79 Å². The van der Waals surface area contributed by atoms with E-state index in [2.05, 4.69) is 0 Å². The van der Waals surface area contributed by atoms with Crippen molar-refractivity contribution in [2.75, 3.05) is 0 Å². The number of hydrogen-bond acceptors (Lipinski definition) is 6. The summed E-state index contributed by atoms with van der Waals surface area (Å²) in [5, 5.41) is 0. The van der Waals surface area contributed by atoms with E-state index in [1.165, 1.54) is 6.08 Å². The van der Waals surface area contributed by atoms with Crippen LogP contribution in [0.5, 0.6) is 0 Å². The Balaban J connectivity index is 1.82. The van der Waals surface area contributed by atoms with Gasteiger partial charge in [0.05, 0.1) is 18.6 Å². The van der Waals surface area contributed by atoms with E-state index in [0.29, 0.717) is 6.42 Å². The molecule has 1 aromatic rings. The van der Waals surface area contributed by atoms with Gasteiger partial charge < -0.3 is 18.9 Å². The molecule has 6 heteroatoms. The van der Waals surface area contributed by atoms with Crippen LogP contribution in [0.15, 0.2) is 42.0 Å². The van der Waals surface area contributed by atoms with Gasteiger partial charge in [-0.15, -0.1) is 0 Å². The maximum absolute atomic E-state index is 12.1. The molecule has 2 saturated heterocycles. The maximum Gasteiger partial charge on any atom is 0.331 e. The quantitative estimate of drug-likeness (QED) is 0.594. The fourth-order valence-corrected chi connectivity index (χ4v) is 3.20. The average Bonchev–Trinajstić information content (AvgIpc) is 2.57. The van der Waals surface area contributed by atoms with E-state index >= 15 is 0 Å². The normalized spacial score (nSPS) is 27.9. The largest absolute Gasteiger partial charge is 0.460 e. The third-order valence-corrected chi connectivity index (χ3v) is 4.34. The van der Waals surface area contributed by atoms with Crippen molar-refractivity contribution in [1.29, 1.82) is 0 Å². The van der Waals surface area contributed by atoms with Crippen LogP contribution < -0.4 is 0 Å². The molecule has 0 amide bonds. The number of esters is 2. The first kappa shape index (κ1) is 18.6. The molecule has 3 rings (SSSR count). The first-order valence-corrected chi connectivity index (χ1v) is 8.89. The molecule has 26 heavy (non-hydrogen) atoms. The van der Waals surface area contributed by atoms with Crippen LogP contribution in [0.3, 0.4) is 0 Å². The van der Waals surface area contributed by atoms with Crippen LogP contribution >= 0.6 is 0 Å². The SMILES string of the molecule is CC(C)OC(=O)/C=C1\C[C@@H]2OC(=O)C[C@@H](O2)[C@@H]1O[C@H](C)c1ccccc1. The molecule has 140 valence electrons. The number of rotatable bonds is 5. The van der Waals surface area contributed by atoms with E-state index in [4.69, 9.17) is 18.9 Å². The van der Waals surface area contributed by atoms with E-state index in [-0.39, 0.29) is 24.6 Å². The van der Waals surface area contributed by atoms with Gasteiger partial charge >= 0.3 is 11.9 Å². The van der Waals surface area contributed by atoms with Crippen LogP contribution in [-0.4, -0.2) is 36.5 Å². The Bertz CT molecular complexity index is 681. The molecule has 2 aliphatic heterocycles. The third-order valence-electron chi connectivity index (χ3n) is 4.34. The smallest absolute Gasteiger partial charge is 0.331 e. The minimum Gasteiger partial charge on any atom is -0.460 e. The zero-order valence-electron chi connectivity index (χ0n) is 15.2. The number of fused-ring (bicyclic) bond motifs is 2. The standard InChI is InChI=1S/C20H24O6/c1-12(2)23-17(21)9-15-10-19-25-16(11-18(22)26-19)20(15)24-13(3)14-7-5-4-6-8-14/h4-9,12-13,16,19-20H,10-11H2,1-3H3/b15-9+/t13-,16-,19+,20-/m1/s1. The fourth-order valence-electron chi connectivity index (χ4n) is 3.20. The predicted molar refractivity (Wildman–Crippen MR) is 93.0 cm³/mol. The first-order valence-electron chi connectivity index (χ1n) is 8.89. The van der Waals surface area contributed by atoms with Gasteiger partial charge in [0, 0.05) is 12.5 Å². The monoisotopic (exact) mass is 360 g/mol. The molecule has 2 fully saturated rings. The number of hydrogen-bond donors (Lipinski definition) is 0. The summed E-state index contributed by atoms with van der Waals surface area (Å²) in [4.78, 5) is 23.9. The topological polar surface area (TPSA) is 71.1 Å². The fraction of sp³-hybridized carbons (Fsp3) is 0.500. The summed E-state index contributed by atoms with van der Waals surface area (Å²) >= 11 is 0. The molecule has 6 nitrogen and oxygen atoms in total. The summed E-state index contributed by atoms with van der Waals surface area (Å²) in [6.07, 6.45) is -0.243. The molecule has 0 aliphatic carbocycles. The molecule has 1 aromatic carbocycles. The Morgan fingerprint density at radius 3 is 2.62 bits per heavy atom. The second kappa shape index (κ2) is 8.01. The molecule has 0 unspecified atom stereocenters. The van der Waals surface area contributed by atoms with Gasteiger partial charge in [0.2, 0.25) is 6.29 Å². The van der Waals surface area contributed by atoms with Gasteiger partial charge in [0.15, 0.2) is 0 Å². The third kappa shape index (κ3) is 4.51. The molecule has 4 atom stereocenters. The lowest BCUT2D eigenvalue weighted by Crippen LogP contribution is -2.49. The summed E-state index contributed by atoms with van der Waals surface area (Å²) in [7, 11) is 0. The highest BCUT2D eigenvalue weighted by Crippen LogP contribution is 2.36. The van der Waals surface area contributed by atoms with Crippen molar-refractivity contribution in [3.05, 3.63) is 47.5 Å². The van der Waals surface area contributed by atoms with E-state index < -0.39 is 24.5 Å². The van der Waals surface area contributed by atoms with Crippen LogP contribution in [0.2, 0.25) is 0 Å². The van der Waals surface area contributed by atoms with Crippen molar-refractivity contribution >= 4 is 11.9 Å². The van der Waals surface area contributed by atoms with Crippen molar-refractivity contribution in [2.24, 2.45) is 0 Å². The Labute approximate surface area is 153 Å². The van der Waals surface area contributed by atoms with E-state index in [0.717, 1.165) is 11.1 Å². The molecule has 0 spiro atoms. The minimum atomic E-state index is -0.675. The Hall–Kier alpha value is -2.18. The van der Waals surface area contributed by atoms with Gasteiger partial charge in [-0.05, 0) is 31.9 Å². The van der Waals surface area contributed by atoms with Crippen LogP contribution in [-0.2, 0) is 28.5 Å². The maximum atomic E-state index is 12.1. The lowest BCUT2D eigenvalue weighted by atomic mass is 9.93. The summed E-state index contributed by atoms with van der Waals surface area (Å²) < 4.78 is 22.4. The second-order valence-electron chi connectivity index (χ2n) is 6.82. The number of carbonyl (C=O) groups is 2. The van der Waals surface area contributed by atoms with Gasteiger partial charge in [-0.1, -0.05) is 30.3 Å². The predicted octanol–water partition coefficient (Wildman–Crippen LogP) is 3.07. The zero-order valence-corrected chi connectivity index (χ0v) is 15.2. The molecule has 0 saturated carbocycles. The van der Waals surface area contributed by atoms with Gasteiger partial charge in [-0.25, -0.2) is 4.79 Å². The Kier molecular flexibility index (Phi) is 5.74. The summed E-state index contributed by atoms with van der Waals surface area (Å²) in [6, 6.07) is 9.77. The van der Waals surface area contributed by atoms with Crippen molar-refractivity contribution in [3.63, 3.8) is 0 Å². The van der Waals surface area contributed by atoms with Crippen LogP contribution in [0.4, 0.5) is 0 Å². The zero-order chi connectivity index (χ0) is 18.7. The number of carbonyl (C=O) groups excluding carboxylic acids is 2. The number of ether oxygens (including phenoxy) is 4. The van der Waals surface area contributed by atoms with Crippen molar-refractivity contribution in [3.8, 4) is 0 Å². The van der Waals surface area contributed by atoms with E-state index in [1.807, 2.05) is 37.3 Å². The molecule has 0 radical (unpaired) electrons. The van der Waals surface area contributed by atoms with Gasteiger partial charge in [0.25, 0.3) is 0 Å². The average molecular weight is 360 g/mol. The first-order chi connectivity index (χ1) is 12.4. The van der Waals surface area contributed by atoms with Gasteiger partial charge in [0.1, 0.15) is 12.2 Å². The second-order valence-corrected chi connectivity index (χ2v) is 6.82. The molecule has 2 heterocycles. The highest BCUT2D eigenvalue weighted by molar-refractivity contribution is 5.83. The molecular weight excluding hydrogens is 336 g/mol. The molecule has 0 N–H and O–H groups in total. The van der Waals surface area contributed by atoms with Gasteiger partial charge in [-0.2, -0.15) is 0 Å². The Morgan fingerprint density at radius 1 is 1.19 bits per heavy atom. The lowest BCUT2D eigenvalue weighted by Gasteiger charge is -2.41. The summed E-state index contributed by atoms with van der Waals surface area (Å²) in [5.74, 6) is -0.738. The van der Waals surface area contributed by atoms with Crippen LogP contribution in [0, 0.1) is 0 Å². The van der Waals surface area contributed by atoms with E-state index in [9.17, 15) is 9.59 Å². The molecule has 2 bridgehead atoms. The Morgan fingerprint density at radius 2 is 1.92 bits per heavy atom. The van der Waals surface area contributed by atoms with Crippen molar-refractivity contribution in [2.45, 2.75) is 64.3 Å². The van der Waals surface area contributed by atoms with Crippen LogP contribution in [0.1, 0.15) is 45.3 Å². The molecule has 0 aromatic heterocycles.